The Morgan fingerprint density at radius 2 is 2.13 bits per heavy atom. The van der Waals surface area contributed by atoms with Crippen LogP contribution in [0.1, 0.15) is 36.2 Å². The Labute approximate surface area is 135 Å². The fourth-order valence-electron chi connectivity index (χ4n) is 3.35. The number of nitrogens with one attached hydrogen (secondary N) is 2. The number of aryl methyl sites for hydroxylation is 1. The number of hydrogen-bond donors (Lipinski definition) is 3. The highest BCUT2D eigenvalue weighted by molar-refractivity contribution is 5.82. The molecule has 3 N–H and O–H groups in total. The van der Waals surface area contributed by atoms with Crippen LogP contribution in [-0.4, -0.2) is 11.7 Å². The number of aromatic hydroxyl groups is 1. The topological polar surface area (TPSA) is 53.5 Å². The number of benzene rings is 2. The number of rotatable bonds is 3. The van der Waals surface area contributed by atoms with E-state index in [-0.39, 0.29) is 11.9 Å². The standard InChI is InChI=1S/C19H20N2O2/c1-2-23-17-11-13(9-10-16(17)22)19-20-14-7-3-5-12-6-4-8-15(21-19)18(12)14/h3,5,7-11,19-22H,2,4,6H2,1H3. The summed E-state index contributed by atoms with van der Waals surface area (Å²) in [6.07, 6.45) is 4.38. The molecule has 2 aliphatic rings. The quantitative estimate of drug-likeness (QED) is 0.807. The van der Waals surface area contributed by atoms with Gasteiger partial charge in [0.05, 0.1) is 6.61 Å². The predicted octanol–water partition coefficient (Wildman–Crippen LogP) is 3.79. The molecule has 1 heterocycles. The maximum atomic E-state index is 9.89. The zero-order valence-corrected chi connectivity index (χ0v) is 13.1. The van der Waals surface area contributed by atoms with Gasteiger partial charge in [-0.1, -0.05) is 24.3 Å². The minimum atomic E-state index is -0.0399. The molecule has 2 aromatic rings. The Morgan fingerprint density at radius 1 is 1.22 bits per heavy atom. The van der Waals surface area contributed by atoms with Crippen LogP contribution in [0.5, 0.6) is 11.5 Å². The lowest BCUT2D eigenvalue weighted by atomic mass is 9.91. The van der Waals surface area contributed by atoms with E-state index in [9.17, 15) is 5.11 Å². The molecule has 0 bridgehead atoms. The molecule has 0 spiro atoms. The van der Waals surface area contributed by atoms with Gasteiger partial charge in [0.25, 0.3) is 0 Å². The molecule has 4 heteroatoms. The molecule has 4 nitrogen and oxygen atoms in total. The van der Waals surface area contributed by atoms with Crippen molar-refractivity contribution in [1.82, 2.24) is 5.32 Å². The van der Waals surface area contributed by atoms with Crippen molar-refractivity contribution in [1.29, 1.82) is 0 Å². The fraction of sp³-hybridized carbons (Fsp3) is 0.263. The maximum absolute atomic E-state index is 9.89. The minimum absolute atomic E-state index is 0.0399. The summed E-state index contributed by atoms with van der Waals surface area (Å²) in [7, 11) is 0. The monoisotopic (exact) mass is 308 g/mol. The Hall–Kier alpha value is -2.62. The summed E-state index contributed by atoms with van der Waals surface area (Å²) < 4.78 is 5.50. The Kier molecular flexibility index (Phi) is 3.37. The summed E-state index contributed by atoms with van der Waals surface area (Å²) in [5, 5.41) is 17.0. The molecule has 0 saturated carbocycles. The van der Waals surface area contributed by atoms with Gasteiger partial charge in [-0.05, 0) is 49.1 Å². The van der Waals surface area contributed by atoms with Crippen LogP contribution in [-0.2, 0) is 6.42 Å². The first-order valence-corrected chi connectivity index (χ1v) is 8.07. The molecule has 1 aliphatic heterocycles. The third-order valence-corrected chi connectivity index (χ3v) is 4.40. The molecule has 4 rings (SSSR count). The van der Waals surface area contributed by atoms with E-state index in [0.717, 1.165) is 24.1 Å². The van der Waals surface area contributed by atoms with E-state index in [0.29, 0.717) is 12.4 Å². The summed E-state index contributed by atoms with van der Waals surface area (Å²) in [6, 6.07) is 11.9. The minimum Gasteiger partial charge on any atom is -0.504 e. The molecule has 0 fully saturated rings. The molecular formula is C19H20N2O2. The zero-order valence-electron chi connectivity index (χ0n) is 13.1. The van der Waals surface area contributed by atoms with Gasteiger partial charge < -0.3 is 20.5 Å². The SMILES string of the molecule is CCOc1cc(C2NC3=CCCc4cccc(c43)N2)ccc1O. The Morgan fingerprint density at radius 3 is 3.00 bits per heavy atom. The van der Waals surface area contributed by atoms with E-state index in [1.165, 1.54) is 16.8 Å². The summed E-state index contributed by atoms with van der Waals surface area (Å²) in [4.78, 5) is 0. The second-order valence-electron chi connectivity index (χ2n) is 5.88. The molecule has 1 aliphatic carbocycles. The van der Waals surface area contributed by atoms with E-state index in [4.69, 9.17) is 4.74 Å². The smallest absolute Gasteiger partial charge is 0.161 e. The fourth-order valence-corrected chi connectivity index (χ4v) is 3.35. The lowest BCUT2D eigenvalue weighted by Crippen LogP contribution is -2.33. The normalized spacial score (nSPS) is 18.3. The number of allylic oxidation sites excluding steroid dienone is 1. The first-order valence-electron chi connectivity index (χ1n) is 8.07. The summed E-state index contributed by atoms with van der Waals surface area (Å²) >= 11 is 0. The highest BCUT2D eigenvalue weighted by Crippen LogP contribution is 2.39. The van der Waals surface area contributed by atoms with E-state index >= 15 is 0 Å². The van der Waals surface area contributed by atoms with Crippen molar-refractivity contribution in [2.24, 2.45) is 0 Å². The molecule has 118 valence electrons. The molecule has 23 heavy (non-hydrogen) atoms. The largest absolute Gasteiger partial charge is 0.504 e. The Balaban J connectivity index is 1.71. The van der Waals surface area contributed by atoms with E-state index in [2.05, 4.69) is 34.9 Å². The van der Waals surface area contributed by atoms with Gasteiger partial charge >= 0.3 is 0 Å². The van der Waals surface area contributed by atoms with Crippen molar-refractivity contribution in [3.63, 3.8) is 0 Å². The van der Waals surface area contributed by atoms with E-state index in [1.54, 1.807) is 6.07 Å². The van der Waals surface area contributed by atoms with Crippen molar-refractivity contribution >= 4 is 11.4 Å². The number of ether oxygens (including phenoxy) is 1. The summed E-state index contributed by atoms with van der Waals surface area (Å²) in [5.41, 5.74) is 6.06. The molecule has 0 radical (unpaired) electrons. The Bertz CT molecular complexity index is 783. The van der Waals surface area contributed by atoms with Gasteiger partial charge in [0.2, 0.25) is 0 Å². The van der Waals surface area contributed by atoms with Crippen molar-refractivity contribution in [2.45, 2.75) is 25.9 Å². The lowest BCUT2D eigenvalue weighted by molar-refractivity contribution is 0.317. The van der Waals surface area contributed by atoms with Crippen LogP contribution >= 0.6 is 0 Å². The van der Waals surface area contributed by atoms with Gasteiger partial charge in [0, 0.05) is 16.9 Å². The average molecular weight is 308 g/mol. The molecule has 0 aromatic heterocycles. The highest BCUT2D eigenvalue weighted by Gasteiger charge is 2.26. The predicted molar refractivity (Wildman–Crippen MR) is 91.5 cm³/mol. The van der Waals surface area contributed by atoms with Crippen LogP contribution in [0.2, 0.25) is 0 Å². The van der Waals surface area contributed by atoms with Crippen LogP contribution in [0, 0.1) is 0 Å². The third-order valence-electron chi connectivity index (χ3n) is 4.40. The second kappa shape index (κ2) is 5.54. The van der Waals surface area contributed by atoms with Crippen LogP contribution in [0.4, 0.5) is 5.69 Å². The van der Waals surface area contributed by atoms with Gasteiger partial charge in [-0.3, -0.25) is 0 Å². The average Bonchev–Trinajstić information content (AvgIpc) is 2.57. The van der Waals surface area contributed by atoms with Crippen molar-refractivity contribution in [3.05, 3.63) is 59.2 Å². The van der Waals surface area contributed by atoms with Gasteiger partial charge in [-0.15, -0.1) is 0 Å². The van der Waals surface area contributed by atoms with Gasteiger partial charge in [-0.2, -0.15) is 0 Å². The van der Waals surface area contributed by atoms with Gasteiger partial charge in [0.1, 0.15) is 6.17 Å². The van der Waals surface area contributed by atoms with Crippen LogP contribution < -0.4 is 15.4 Å². The molecule has 2 aromatic carbocycles. The number of anilines is 1. The third kappa shape index (κ3) is 2.40. The molecule has 0 amide bonds. The lowest BCUT2D eigenvalue weighted by Gasteiger charge is -2.34. The number of phenolic OH excluding ortho intramolecular Hbond substituents is 1. The van der Waals surface area contributed by atoms with Crippen LogP contribution in [0.25, 0.3) is 5.70 Å². The molecule has 0 saturated heterocycles. The summed E-state index contributed by atoms with van der Waals surface area (Å²) in [5.74, 6) is 0.691. The van der Waals surface area contributed by atoms with Crippen molar-refractivity contribution in [2.75, 3.05) is 11.9 Å². The number of phenols is 1. The number of hydrogen-bond acceptors (Lipinski definition) is 4. The van der Waals surface area contributed by atoms with E-state index < -0.39 is 0 Å². The molecule has 1 atom stereocenters. The van der Waals surface area contributed by atoms with Crippen molar-refractivity contribution in [3.8, 4) is 11.5 Å². The van der Waals surface area contributed by atoms with E-state index in [1.807, 2.05) is 19.1 Å². The first-order chi connectivity index (χ1) is 11.3. The zero-order chi connectivity index (χ0) is 15.8. The second-order valence-corrected chi connectivity index (χ2v) is 5.88. The summed E-state index contributed by atoms with van der Waals surface area (Å²) in [6.45, 7) is 2.44. The molecule has 1 unspecified atom stereocenters. The highest BCUT2D eigenvalue weighted by atomic mass is 16.5. The van der Waals surface area contributed by atoms with Crippen LogP contribution in [0.15, 0.2) is 42.5 Å². The van der Waals surface area contributed by atoms with Gasteiger partial charge in [-0.25, -0.2) is 0 Å². The molecular weight excluding hydrogens is 288 g/mol. The maximum Gasteiger partial charge on any atom is 0.161 e. The van der Waals surface area contributed by atoms with Crippen molar-refractivity contribution < 1.29 is 9.84 Å². The first kappa shape index (κ1) is 14.0. The van der Waals surface area contributed by atoms with Crippen LogP contribution in [0.3, 0.4) is 0 Å². The van der Waals surface area contributed by atoms with Gasteiger partial charge in [0.15, 0.2) is 11.5 Å².